The highest BCUT2D eigenvalue weighted by molar-refractivity contribution is 7.92. The molecule has 0 radical (unpaired) electrons. The van der Waals surface area contributed by atoms with Crippen LogP contribution < -0.4 is 48.3 Å². The Morgan fingerprint density at radius 2 is 1.27 bits per heavy atom. The summed E-state index contributed by atoms with van der Waals surface area (Å²) >= 11 is 0.663. The summed E-state index contributed by atoms with van der Waals surface area (Å²) in [5, 5.41) is 14.5. The first-order chi connectivity index (χ1) is 32.9. The third-order valence-electron chi connectivity index (χ3n) is 10.2. The van der Waals surface area contributed by atoms with Gasteiger partial charge in [-0.25, -0.2) is 17.4 Å². The number of hydrogen-bond donors (Lipinski definition) is 4. The summed E-state index contributed by atoms with van der Waals surface area (Å²) in [5.74, 6) is -9.11. The second-order valence-corrected chi connectivity index (χ2v) is 20.5. The van der Waals surface area contributed by atoms with Gasteiger partial charge in [0.1, 0.15) is 51.5 Å². The fourth-order valence-corrected chi connectivity index (χ4v) is 11.7. The zero-order valence-corrected chi connectivity index (χ0v) is 40.4. The Labute approximate surface area is 401 Å². The summed E-state index contributed by atoms with van der Waals surface area (Å²) in [6, 6.07) is 9.77. The molecule has 4 N–H and O–H groups in total. The lowest BCUT2D eigenvalue weighted by atomic mass is 9.88. The predicted molar refractivity (Wildman–Crippen MR) is 244 cm³/mol. The molecule has 366 valence electrons. The molecule has 25 heteroatoms. The van der Waals surface area contributed by atoms with E-state index in [1.165, 1.54) is 31.2 Å². The van der Waals surface area contributed by atoms with E-state index in [0.717, 1.165) is 39.8 Å². The SMILES string of the molecule is CC(=O)Oc1c2cc(-c3cc4sc(S(=O)(=O)NCP(=O)(O)Oc5ccc(C#N)c(F)c5)c(C)c4cc3-c3cc4c(OC(C)=O)c(c3OC(C)=O)C(=O)NCC(C)O4)c(OC(C)=O)c1C(=O)NCC(C)O2. The first kappa shape index (κ1) is 50.5. The van der Waals surface area contributed by atoms with Gasteiger partial charge in [0, 0.05) is 49.6 Å². The third kappa shape index (κ3) is 10.4. The minimum Gasteiger partial charge on any atom is -0.485 e. The number of esters is 4. The van der Waals surface area contributed by atoms with Gasteiger partial charge < -0.3 is 48.5 Å². The number of nitrogens with zero attached hydrogens (tertiary/aromatic N) is 1. The monoisotopic (exact) mass is 1020 g/mol. The second kappa shape index (κ2) is 19.5. The molecule has 7 rings (SSSR count). The molecule has 0 saturated heterocycles. The van der Waals surface area contributed by atoms with E-state index in [2.05, 4.69) is 15.4 Å². The standard InChI is InChI=1S/C45H40FN4O17PS2/c1-19-16-48-43(55)37-39(63-22(4)51)31(12-34(61-19)41(37)65-24(6)53)29-11-28-21(3)45(70(59,60)50-18-68(57,58)67-27-9-8-26(15-47)33(46)10-27)69-36(28)14-30(29)32-13-35-42(66-25(7)54)38(40(32)64-23(5)52)44(56)49-17-20(2)62-35/h8-14,19-20,50H,16-18H2,1-7H3,(H,48,55)(H,49,56)(H,57,58). The van der Waals surface area contributed by atoms with Crippen LogP contribution in [-0.4, -0.2) is 80.6 Å². The molecule has 2 aliphatic rings. The third-order valence-corrected chi connectivity index (χ3v) is 14.8. The summed E-state index contributed by atoms with van der Waals surface area (Å²) in [6.07, 6.45) is -2.70. The van der Waals surface area contributed by atoms with E-state index in [-0.39, 0.29) is 68.1 Å². The number of nitrogens with one attached hydrogen (secondary N) is 3. The molecule has 1 aromatic heterocycles. The van der Waals surface area contributed by atoms with Gasteiger partial charge in [-0.15, -0.1) is 11.3 Å². The lowest BCUT2D eigenvalue weighted by molar-refractivity contribution is -0.133. The lowest BCUT2D eigenvalue weighted by Gasteiger charge is -2.27. The van der Waals surface area contributed by atoms with Crippen molar-refractivity contribution in [2.75, 3.05) is 19.4 Å². The summed E-state index contributed by atoms with van der Waals surface area (Å²) < 4.78 is 97.4. The molecule has 0 saturated carbocycles. The number of halogens is 1. The van der Waals surface area contributed by atoms with E-state index in [1.807, 2.05) is 0 Å². The maximum Gasteiger partial charge on any atom is 0.391 e. The van der Waals surface area contributed by atoms with Crippen LogP contribution in [0.25, 0.3) is 32.3 Å². The normalized spacial score (nSPS) is 16.2. The number of aryl methyl sites for hydroxylation is 1. The van der Waals surface area contributed by atoms with E-state index >= 15 is 0 Å². The smallest absolute Gasteiger partial charge is 0.391 e. The van der Waals surface area contributed by atoms with Crippen LogP contribution in [0, 0.1) is 24.1 Å². The van der Waals surface area contributed by atoms with Gasteiger partial charge in [0.2, 0.25) is 0 Å². The maximum atomic E-state index is 14.3. The number of rotatable bonds is 12. The number of fused-ring (bicyclic) bond motifs is 5. The van der Waals surface area contributed by atoms with Crippen LogP contribution in [0.5, 0.6) is 40.2 Å². The van der Waals surface area contributed by atoms with Gasteiger partial charge in [-0.2, -0.15) is 9.98 Å². The number of carbonyl (C=O) groups excluding carboxylic acids is 6. The number of amides is 2. The van der Waals surface area contributed by atoms with Crippen LogP contribution in [0.1, 0.15) is 73.4 Å². The molecule has 4 bridgehead atoms. The number of carbonyl (C=O) groups is 6. The first-order valence-electron chi connectivity index (χ1n) is 20.7. The van der Waals surface area contributed by atoms with Crippen molar-refractivity contribution in [3.05, 3.63) is 70.5 Å². The molecule has 3 unspecified atom stereocenters. The zero-order chi connectivity index (χ0) is 51.1. The predicted octanol–water partition coefficient (Wildman–Crippen LogP) is 5.78. The number of sulfonamides is 1. The van der Waals surface area contributed by atoms with Crippen molar-refractivity contribution in [2.24, 2.45) is 0 Å². The highest BCUT2D eigenvalue weighted by Gasteiger charge is 2.37. The molecule has 0 fully saturated rings. The minimum atomic E-state index is -4.90. The second-order valence-electron chi connectivity index (χ2n) is 15.8. The molecule has 2 aliphatic heterocycles. The number of hydrogen-bond acceptors (Lipinski definition) is 18. The van der Waals surface area contributed by atoms with Crippen molar-refractivity contribution in [3.63, 3.8) is 0 Å². The van der Waals surface area contributed by atoms with Gasteiger partial charge in [0.05, 0.1) is 18.7 Å². The summed E-state index contributed by atoms with van der Waals surface area (Å²) in [7, 11) is -9.64. The van der Waals surface area contributed by atoms with E-state index in [0.29, 0.717) is 17.4 Å². The van der Waals surface area contributed by atoms with Gasteiger partial charge >= 0.3 is 31.5 Å². The van der Waals surface area contributed by atoms with Crippen LogP contribution in [0.2, 0.25) is 0 Å². The highest BCUT2D eigenvalue weighted by Crippen LogP contribution is 2.54. The van der Waals surface area contributed by atoms with Gasteiger partial charge in [-0.1, -0.05) is 0 Å². The average Bonchev–Trinajstić information content (AvgIpc) is 3.59. The molecule has 2 amide bonds. The maximum absolute atomic E-state index is 14.3. The Hall–Kier alpha value is -7.42. The van der Waals surface area contributed by atoms with Crippen LogP contribution in [-0.2, 0) is 33.8 Å². The number of thiophene rings is 1. The number of nitriles is 1. The quantitative estimate of drug-likeness (QED) is 0.0654. The van der Waals surface area contributed by atoms with Gasteiger partial charge in [-0.3, -0.25) is 28.8 Å². The molecule has 0 aliphatic carbocycles. The van der Waals surface area contributed by atoms with E-state index < -0.39 is 122 Å². The Balaban J connectivity index is 1.54. The molecule has 0 spiro atoms. The summed E-state index contributed by atoms with van der Waals surface area (Å²) in [6.45, 7) is 8.72. The molecule has 21 nitrogen and oxygen atoms in total. The van der Waals surface area contributed by atoms with Crippen molar-refractivity contribution in [2.45, 2.75) is 64.9 Å². The topological polar surface area (TPSA) is 298 Å². The molecule has 4 aromatic carbocycles. The Morgan fingerprint density at radius 3 is 1.73 bits per heavy atom. The average molecular weight is 1020 g/mol. The molecule has 5 aromatic rings. The van der Waals surface area contributed by atoms with E-state index in [4.69, 9.17) is 38.2 Å². The Morgan fingerprint density at radius 1 is 0.800 bits per heavy atom. The Bertz CT molecular complexity index is 3310. The lowest BCUT2D eigenvalue weighted by Crippen LogP contribution is -2.36. The molecular formula is C45H40FN4O17PS2. The first-order valence-corrected chi connectivity index (χ1v) is 24.8. The Kier molecular flexibility index (Phi) is 14.1. The molecule has 3 atom stereocenters. The minimum absolute atomic E-state index is 0.0256. The van der Waals surface area contributed by atoms with E-state index in [1.54, 1.807) is 19.9 Å². The van der Waals surface area contributed by atoms with Gasteiger partial charge in [-0.05, 0) is 79.2 Å². The number of benzene rings is 4. The van der Waals surface area contributed by atoms with Crippen LogP contribution in [0.15, 0.2) is 46.7 Å². The largest absolute Gasteiger partial charge is 0.485 e. The molecule has 3 heterocycles. The number of ether oxygens (including phenoxy) is 6. The van der Waals surface area contributed by atoms with Crippen molar-refractivity contribution in [3.8, 4) is 68.6 Å². The fraction of sp³-hybridized carbons (Fsp3) is 0.267. The van der Waals surface area contributed by atoms with Crippen molar-refractivity contribution in [1.29, 1.82) is 5.26 Å². The van der Waals surface area contributed by atoms with Crippen LogP contribution >= 0.6 is 18.9 Å². The van der Waals surface area contributed by atoms with Gasteiger partial charge in [0.25, 0.3) is 21.8 Å². The molecular weight excluding hydrogens is 983 g/mol. The van der Waals surface area contributed by atoms with E-state index in [9.17, 15) is 51.0 Å². The summed E-state index contributed by atoms with van der Waals surface area (Å²) in [5.41, 5.74) is -1.57. The van der Waals surface area contributed by atoms with Crippen molar-refractivity contribution in [1.82, 2.24) is 15.4 Å². The fourth-order valence-electron chi connectivity index (χ4n) is 7.41. The van der Waals surface area contributed by atoms with Crippen LogP contribution in [0.3, 0.4) is 0 Å². The summed E-state index contributed by atoms with van der Waals surface area (Å²) in [4.78, 5) is 89.9. The van der Waals surface area contributed by atoms with Gasteiger partial charge in [0.15, 0.2) is 34.5 Å². The zero-order valence-electron chi connectivity index (χ0n) is 37.9. The molecule has 70 heavy (non-hydrogen) atoms. The highest BCUT2D eigenvalue weighted by atomic mass is 32.2. The van der Waals surface area contributed by atoms with Crippen molar-refractivity contribution >= 4 is 74.7 Å². The van der Waals surface area contributed by atoms with Crippen molar-refractivity contribution < 1.29 is 84.0 Å². The van der Waals surface area contributed by atoms with Crippen LogP contribution in [0.4, 0.5) is 4.39 Å².